The number of nitrogens with one attached hydrogen (secondary N) is 1. The number of para-hydroxylation sites is 1. The SMILES string of the molecule is CC(C)NCCCc1cnn(-c2ccccc2Br)c1. The van der Waals surface area contributed by atoms with E-state index >= 15 is 0 Å². The van der Waals surface area contributed by atoms with Crippen LogP contribution in [0, 0.1) is 0 Å². The first kappa shape index (κ1) is 14.3. The van der Waals surface area contributed by atoms with Crippen molar-refractivity contribution in [3.05, 3.63) is 46.7 Å². The predicted octanol–water partition coefficient (Wildman–Crippen LogP) is 3.57. The van der Waals surface area contributed by atoms with Gasteiger partial charge in [-0.25, -0.2) is 4.68 Å². The Balaban J connectivity index is 1.94. The van der Waals surface area contributed by atoms with Gasteiger partial charge in [-0.15, -0.1) is 0 Å². The zero-order valence-electron chi connectivity index (χ0n) is 11.4. The molecule has 1 aromatic heterocycles. The number of aromatic nitrogens is 2. The monoisotopic (exact) mass is 321 g/mol. The summed E-state index contributed by atoms with van der Waals surface area (Å²) < 4.78 is 2.99. The van der Waals surface area contributed by atoms with E-state index < -0.39 is 0 Å². The van der Waals surface area contributed by atoms with Crippen molar-refractivity contribution in [2.24, 2.45) is 0 Å². The van der Waals surface area contributed by atoms with E-state index in [4.69, 9.17) is 0 Å². The molecule has 0 radical (unpaired) electrons. The number of nitrogens with zero attached hydrogens (tertiary/aromatic N) is 2. The highest BCUT2D eigenvalue weighted by atomic mass is 79.9. The molecule has 1 heterocycles. The van der Waals surface area contributed by atoms with Gasteiger partial charge < -0.3 is 5.32 Å². The van der Waals surface area contributed by atoms with Gasteiger partial charge in [0.15, 0.2) is 0 Å². The Morgan fingerprint density at radius 1 is 1.32 bits per heavy atom. The molecule has 1 N–H and O–H groups in total. The van der Waals surface area contributed by atoms with Crippen LogP contribution in [0.15, 0.2) is 41.1 Å². The molecule has 3 nitrogen and oxygen atoms in total. The van der Waals surface area contributed by atoms with Gasteiger partial charge >= 0.3 is 0 Å². The molecule has 0 aliphatic heterocycles. The van der Waals surface area contributed by atoms with Crippen LogP contribution in [0.5, 0.6) is 0 Å². The summed E-state index contributed by atoms with van der Waals surface area (Å²) in [6, 6.07) is 8.68. The molecular weight excluding hydrogens is 302 g/mol. The number of halogens is 1. The largest absolute Gasteiger partial charge is 0.315 e. The molecule has 0 spiro atoms. The lowest BCUT2D eigenvalue weighted by Crippen LogP contribution is -2.23. The molecule has 2 aromatic rings. The van der Waals surface area contributed by atoms with Crippen LogP contribution in [-0.4, -0.2) is 22.4 Å². The molecule has 102 valence electrons. The zero-order chi connectivity index (χ0) is 13.7. The third-order valence-electron chi connectivity index (χ3n) is 2.93. The Labute approximate surface area is 123 Å². The summed E-state index contributed by atoms with van der Waals surface area (Å²) in [5.74, 6) is 0. The minimum Gasteiger partial charge on any atom is -0.315 e. The van der Waals surface area contributed by atoms with Gasteiger partial charge in [-0.1, -0.05) is 26.0 Å². The van der Waals surface area contributed by atoms with E-state index in [-0.39, 0.29) is 0 Å². The molecule has 1 aromatic carbocycles. The average Bonchev–Trinajstić information content (AvgIpc) is 2.83. The molecule has 0 fully saturated rings. The van der Waals surface area contributed by atoms with Crippen molar-refractivity contribution < 1.29 is 0 Å². The van der Waals surface area contributed by atoms with Gasteiger partial charge in [0.1, 0.15) is 0 Å². The van der Waals surface area contributed by atoms with Crippen LogP contribution in [0.3, 0.4) is 0 Å². The normalized spacial score (nSPS) is 11.2. The standard InChI is InChI=1S/C15H20BrN3/c1-12(2)17-9-5-6-13-10-18-19(11-13)15-8-4-3-7-14(15)16/h3-4,7-8,10-12,17H,5-6,9H2,1-2H3. The lowest BCUT2D eigenvalue weighted by molar-refractivity contribution is 0.570. The van der Waals surface area contributed by atoms with Crippen molar-refractivity contribution in [3.63, 3.8) is 0 Å². The first-order valence-electron chi connectivity index (χ1n) is 6.68. The topological polar surface area (TPSA) is 29.9 Å². The minimum atomic E-state index is 0.558. The Morgan fingerprint density at radius 2 is 2.11 bits per heavy atom. The predicted molar refractivity (Wildman–Crippen MR) is 82.7 cm³/mol. The van der Waals surface area contributed by atoms with E-state index in [0.29, 0.717) is 6.04 Å². The highest BCUT2D eigenvalue weighted by Gasteiger charge is 2.04. The Hall–Kier alpha value is -1.13. The number of hydrogen-bond acceptors (Lipinski definition) is 2. The molecule has 0 aliphatic carbocycles. The van der Waals surface area contributed by atoms with Gasteiger partial charge in [-0.3, -0.25) is 0 Å². The van der Waals surface area contributed by atoms with E-state index in [0.717, 1.165) is 29.5 Å². The van der Waals surface area contributed by atoms with Crippen molar-refractivity contribution in [1.82, 2.24) is 15.1 Å². The van der Waals surface area contributed by atoms with Gasteiger partial charge in [0.05, 0.1) is 11.9 Å². The summed E-state index contributed by atoms with van der Waals surface area (Å²) in [5.41, 5.74) is 2.36. The summed E-state index contributed by atoms with van der Waals surface area (Å²) in [6.07, 6.45) is 6.26. The number of rotatable bonds is 6. The maximum absolute atomic E-state index is 4.43. The third kappa shape index (κ3) is 4.18. The molecule has 2 rings (SSSR count). The van der Waals surface area contributed by atoms with Crippen LogP contribution in [-0.2, 0) is 6.42 Å². The van der Waals surface area contributed by atoms with Crippen molar-refractivity contribution in [2.75, 3.05) is 6.54 Å². The van der Waals surface area contributed by atoms with Gasteiger partial charge in [-0.05, 0) is 53.0 Å². The highest BCUT2D eigenvalue weighted by Crippen LogP contribution is 2.20. The maximum Gasteiger partial charge on any atom is 0.0787 e. The van der Waals surface area contributed by atoms with Crippen molar-refractivity contribution >= 4 is 15.9 Å². The quantitative estimate of drug-likeness (QED) is 0.824. The van der Waals surface area contributed by atoms with E-state index in [1.54, 1.807) is 0 Å². The summed E-state index contributed by atoms with van der Waals surface area (Å²) in [6.45, 7) is 5.40. The Kier molecular flexibility index (Phi) is 5.16. The molecule has 19 heavy (non-hydrogen) atoms. The fourth-order valence-electron chi connectivity index (χ4n) is 1.94. The van der Waals surface area contributed by atoms with Crippen LogP contribution in [0.1, 0.15) is 25.8 Å². The van der Waals surface area contributed by atoms with Crippen LogP contribution < -0.4 is 5.32 Å². The minimum absolute atomic E-state index is 0.558. The number of benzene rings is 1. The zero-order valence-corrected chi connectivity index (χ0v) is 13.0. The van der Waals surface area contributed by atoms with E-state index in [2.05, 4.69) is 52.5 Å². The van der Waals surface area contributed by atoms with Crippen molar-refractivity contribution in [2.45, 2.75) is 32.7 Å². The molecule has 0 saturated carbocycles. The maximum atomic E-state index is 4.43. The van der Waals surface area contributed by atoms with E-state index in [9.17, 15) is 0 Å². The molecule has 0 aliphatic rings. The molecular formula is C15H20BrN3. The van der Waals surface area contributed by atoms with E-state index in [1.165, 1.54) is 5.56 Å². The van der Waals surface area contributed by atoms with Crippen molar-refractivity contribution in [1.29, 1.82) is 0 Å². The summed E-state index contributed by atoms with van der Waals surface area (Å²) in [7, 11) is 0. The fraction of sp³-hybridized carbons (Fsp3) is 0.400. The molecule has 0 bridgehead atoms. The second-order valence-corrected chi connectivity index (χ2v) is 5.81. The molecule has 0 unspecified atom stereocenters. The van der Waals surface area contributed by atoms with Gasteiger partial charge in [0.2, 0.25) is 0 Å². The Bertz CT molecular complexity index is 520. The van der Waals surface area contributed by atoms with Crippen LogP contribution in [0.25, 0.3) is 5.69 Å². The number of aryl methyl sites for hydroxylation is 1. The summed E-state index contributed by atoms with van der Waals surface area (Å²) >= 11 is 3.55. The first-order valence-corrected chi connectivity index (χ1v) is 7.48. The fourth-order valence-corrected chi connectivity index (χ4v) is 2.41. The lowest BCUT2D eigenvalue weighted by atomic mass is 10.2. The highest BCUT2D eigenvalue weighted by molar-refractivity contribution is 9.10. The Morgan fingerprint density at radius 3 is 2.84 bits per heavy atom. The smallest absolute Gasteiger partial charge is 0.0787 e. The van der Waals surface area contributed by atoms with Crippen LogP contribution in [0.2, 0.25) is 0 Å². The van der Waals surface area contributed by atoms with Gasteiger partial charge in [0, 0.05) is 16.7 Å². The second-order valence-electron chi connectivity index (χ2n) is 4.96. The summed E-state index contributed by atoms with van der Waals surface area (Å²) in [5, 5.41) is 7.86. The molecule has 4 heteroatoms. The van der Waals surface area contributed by atoms with Gasteiger partial charge in [0.25, 0.3) is 0 Å². The van der Waals surface area contributed by atoms with Gasteiger partial charge in [-0.2, -0.15) is 5.10 Å². The molecule has 0 saturated heterocycles. The van der Waals surface area contributed by atoms with Crippen LogP contribution >= 0.6 is 15.9 Å². The molecule has 0 atom stereocenters. The third-order valence-corrected chi connectivity index (χ3v) is 3.60. The second kappa shape index (κ2) is 6.87. The first-order chi connectivity index (χ1) is 9.16. The lowest BCUT2D eigenvalue weighted by Gasteiger charge is -2.06. The van der Waals surface area contributed by atoms with Crippen LogP contribution in [0.4, 0.5) is 0 Å². The van der Waals surface area contributed by atoms with E-state index in [1.807, 2.05) is 29.1 Å². The number of hydrogen-bond donors (Lipinski definition) is 1. The summed E-state index contributed by atoms with van der Waals surface area (Å²) in [4.78, 5) is 0. The van der Waals surface area contributed by atoms with Crippen molar-refractivity contribution in [3.8, 4) is 5.69 Å². The average molecular weight is 322 g/mol. The molecule has 0 amide bonds.